The van der Waals surface area contributed by atoms with Gasteiger partial charge in [0.15, 0.2) is 0 Å². The summed E-state index contributed by atoms with van der Waals surface area (Å²) in [5.74, 6) is 0.259. The van der Waals surface area contributed by atoms with Gasteiger partial charge in [-0.3, -0.25) is 4.79 Å². The third kappa shape index (κ3) is 3.90. The first-order valence-electron chi connectivity index (χ1n) is 8.35. The summed E-state index contributed by atoms with van der Waals surface area (Å²) in [6.45, 7) is 1.89. The normalized spacial score (nSPS) is 10.7. The van der Waals surface area contributed by atoms with Gasteiger partial charge in [0, 0.05) is 11.1 Å². The van der Waals surface area contributed by atoms with Crippen LogP contribution in [0.1, 0.15) is 5.01 Å². The number of amides is 1. The summed E-state index contributed by atoms with van der Waals surface area (Å²) >= 11 is 1.44. The van der Waals surface area contributed by atoms with Crippen LogP contribution in [0.4, 0.5) is 5.00 Å². The molecule has 2 aromatic heterocycles. The van der Waals surface area contributed by atoms with Gasteiger partial charge < -0.3 is 5.32 Å². The molecule has 0 saturated heterocycles. The number of hydrogen-bond acceptors (Lipinski definition) is 6. The van der Waals surface area contributed by atoms with Crippen molar-refractivity contribution in [3.8, 4) is 22.6 Å². The Labute approximate surface area is 159 Å². The Morgan fingerprint density at radius 3 is 2.41 bits per heavy atom. The fourth-order valence-electron chi connectivity index (χ4n) is 2.61. The number of carbonyl (C=O) groups is 1. The van der Waals surface area contributed by atoms with Gasteiger partial charge >= 0.3 is 0 Å². The number of nitrogens with zero attached hydrogens (tertiary/aromatic N) is 5. The second kappa shape index (κ2) is 7.46. The van der Waals surface area contributed by atoms with Crippen molar-refractivity contribution in [1.29, 1.82) is 0 Å². The lowest BCUT2D eigenvalue weighted by molar-refractivity contribution is -0.117. The molecule has 0 atom stereocenters. The molecule has 0 fully saturated rings. The molecule has 0 radical (unpaired) electrons. The van der Waals surface area contributed by atoms with Gasteiger partial charge in [-0.15, -0.1) is 21.5 Å². The summed E-state index contributed by atoms with van der Waals surface area (Å²) in [6, 6.07) is 19.3. The van der Waals surface area contributed by atoms with E-state index in [4.69, 9.17) is 0 Å². The third-order valence-corrected chi connectivity index (χ3v) is 4.69. The zero-order valence-corrected chi connectivity index (χ0v) is 15.3. The van der Waals surface area contributed by atoms with Crippen LogP contribution in [0.3, 0.4) is 0 Å². The maximum absolute atomic E-state index is 12.5. The highest BCUT2D eigenvalue weighted by molar-refractivity contribution is 7.16. The van der Waals surface area contributed by atoms with Crippen molar-refractivity contribution in [1.82, 2.24) is 25.2 Å². The van der Waals surface area contributed by atoms with Crippen molar-refractivity contribution in [2.45, 2.75) is 13.5 Å². The maximum atomic E-state index is 12.5. The van der Waals surface area contributed by atoms with Gasteiger partial charge in [-0.25, -0.2) is 4.98 Å². The van der Waals surface area contributed by atoms with Crippen molar-refractivity contribution in [2.24, 2.45) is 0 Å². The molecule has 0 aliphatic rings. The molecule has 2 aromatic carbocycles. The number of benzene rings is 2. The van der Waals surface area contributed by atoms with E-state index in [0.717, 1.165) is 21.8 Å². The largest absolute Gasteiger partial charge is 0.314 e. The lowest BCUT2D eigenvalue weighted by Gasteiger charge is -2.04. The van der Waals surface area contributed by atoms with E-state index in [-0.39, 0.29) is 12.5 Å². The zero-order chi connectivity index (χ0) is 18.6. The fourth-order valence-corrected chi connectivity index (χ4v) is 3.47. The van der Waals surface area contributed by atoms with Gasteiger partial charge in [-0.05, 0) is 12.1 Å². The fraction of sp³-hybridized carbons (Fsp3) is 0.105. The molecule has 134 valence electrons. The molecule has 7 nitrogen and oxygen atoms in total. The highest BCUT2D eigenvalue weighted by Gasteiger charge is 2.15. The summed E-state index contributed by atoms with van der Waals surface area (Å²) in [5, 5.41) is 16.8. The van der Waals surface area contributed by atoms with Crippen LogP contribution in [0.15, 0.2) is 60.7 Å². The summed E-state index contributed by atoms with van der Waals surface area (Å²) in [5.41, 5.74) is 2.58. The molecule has 0 unspecified atom stereocenters. The Morgan fingerprint density at radius 1 is 1.04 bits per heavy atom. The molecule has 0 saturated carbocycles. The highest BCUT2D eigenvalue weighted by Crippen LogP contribution is 2.32. The smallest absolute Gasteiger partial charge is 0.248 e. The number of anilines is 1. The van der Waals surface area contributed by atoms with Gasteiger partial charge in [0.05, 0.1) is 5.01 Å². The molecular formula is C19H16N6OS. The van der Waals surface area contributed by atoms with Gasteiger partial charge in [-0.2, -0.15) is 4.80 Å². The van der Waals surface area contributed by atoms with Crippen molar-refractivity contribution >= 4 is 22.2 Å². The maximum Gasteiger partial charge on any atom is 0.248 e. The number of aryl methyl sites for hydroxylation is 1. The first-order chi connectivity index (χ1) is 13.2. The second-order valence-electron chi connectivity index (χ2n) is 5.83. The molecule has 8 heteroatoms. The minimum absolute atomic E-state index is 0.0228. The lowest BCUT2D eigenvalue weighted by atomic mass is 10.2. The quantitative estimate of drug-likeness (QED) is 0.577. The molecule has 27 heavy (non-hydrogen) atoms. The van der Waals surface area contributed by atoms with Crippen LogP contribution in [0.2, 0.25) is 0 Å². The van der Waals surface area contributed by atoms with E-state index in [9.17, 15) is 4.79 Å². The van der Waals surface area contributed by atoms with Crippen LogP contribution in [-0.2, 0) is 11.3 Å². The Balaban J connectivity index is 1.49. The number of aromatic nitrogens is 5. The summed E-state index contributed by atoms with van der Waals surface area (Å²) in [4.78, 5) is 18.3. The minimum Gasteiger partial charge on any atom is -0.314 e. The highest BCUT2D eigenvalue weighted by atomic mass is 32.1. The molecule has 0 spiro atoms. The molecule has 4 rings (SSSR count). The first-order valence-corrected chi connectivity index (χ1v) is 9.16. The van der Waals surface area contributed by atoms with E-state index in [1.165, 1.54) is 16.1 Å². The summed E-state index contributed by atoms with van der Waals surface area (Å²) in [7, 11) is 0. The van der Waals surface area contributed by atoms with E-state index in [1.54, 1.807) is 0 Å². The van der Waals surface area contributed by atoms with Crippen molar-refractivity contribution in [2.75, 3.05) is 5.32 Å². The van der Waals surface area contributed by atoms with E-state index < -0.39 is 0 Å². The number of rotatable bonds is 5. The Kier molecular flexibility index (Phi) is 4.71. The Morgan fingerprint density at radius 2 is 1.70 bits per heavy atom. The SMILES string of the molecule is Cc1nc(-c2ccccc2)c(NC(=O)Cn2nnc(-c3ccccc3)n2)s1. The predicted octanol–water partition coefficient (Wildman–Crippen LogP) is 3.41. The molecule has 0 bridgehead atoms. The standard InChI is InChI=1S/C19H16N6OS/c1-13-20-17(14-8-4-2-5-9-14)19(27-13)21-16(26)12-25-23-18(22-24-25)15-10-6-3-7-11-15/h2-11H,12H2,1H3,(H,21,26). The molecule has 4 aromatic rings. The van der Waals surface area contributed by atoms with Gasteiger partial charge in [0.2, 0.25) is 11.7 Å². The lowest BCUT2D eigenvalue weighted by Crippen LogP contribution is -2.20. The number of nitrogens with one attached hydrogen (secondary N) is 1. The van der Waals surface area contributed by atoms with E-state index in [0.29, 0.717) is 10.8 Å². The topological polar surface area (TPSA) is 85.6 Å². The van der Waals surface area contributed by atoms with Gasteiger partial charge in [-0.1, -0.05) is 60.7 Å². The van der Waals surface area contributed by atoms with Crippen molar-refractivity contribution < 1.29 is 4.79 Å². The molecule has 1 amide bonds. The monoisotopic (exact) mass is 376 g/mol. The number of tetrazole rings is 1. The Bertz CT molecular complexity index is 1060. The average Bonchev–Trinajstić information content (AvgIpc) is 3.29. The van der Waals surface area contributed by atoms with Crippen molar-refractivity contribution in [3.63, 3.8) is 0 Å². The number of hydrogen-bond donors (Lipinski definition) is 1. The Hall–Kier alpha value is -3.39. The molecular weight excluding hydrogens is 360 g/mol. The molecule has 0 aliphatic heterocycles. The second-order valence-corrected chi connectivity index (χ2v) is 7.04. The van der Waals surface area contributed by atoms with E-state index in [1.807, 2.05) is 67.6 Å². The van der Waals surface area contributed by atoms with E-state index >= 15 is 0 Å². The van der Waals surface area contributed by atoms with Crippen LogP contribution < -0.4 is 5.32 Å². The van der Waals surface area contributed by atoms with E-state index in [2.05, 4.69) is 25.7 Å². The third-order valence-electron chi connectivity index (χ3n) is 3.80. The molecule has 0 aliphatic carbocycles. The van der Waals surface area contributed by atoms with Crippen molar-refractivity contribution in [3.05, 3.63) is 65.7 Å². The first kappa shape index (κ1) is 17.0. The average molecular weight is 376 g/mol. The van der Waals surface area contributed by atoms with Crippen LogP contribution >= 0.6 is 11.3 Å². The number of thiazole rings is 1. The van der Waals surface area contributed by atoms with Crippen LogP contribution in [0.5, 0.6) is 0 Å². The predicted molar refractivity (Wildman–Crippen MR) is 104 cm³/mol. The van der Waals surface area contributed by atoms with Crippen LogP contribution in [0, 0.1) is 6.92 Å². The van der Waals surface area contributed by atoms with Crippen LogP contribution in [-0.4, -0.2) is 31.1 Å². The summed E-state index contributed by atoms with van der Waals surface area (Å²) in [6.07, 6.45) is 0. The van der Waals surface area contributed by atoms with Gasteiger partial charge in [0.25, 0.3) is 0 Å². The molecule has 2 heterocycles. The number of carbonyl (C=O) groups excluding carboxylic acids is 1. The summed E-state index contributed by atoms with van der Waals surface area (Å²) < 4.78 is 0. The van der Waals surface area contributed by atoms with Gasteiger partial charge in [0.1, 0.15) is 17.2 Å². The van der Waals surface area contributed by atoms with Crippen LogP contribution in [0.25, 0.3) is 22.6 Å². The molecule has 1 N–H and O–H groups in total. The zero-order valence-electron chi connectivity index (χ0n) is 14.5. The minimum atomic E-state index is -0.229.